The zero-order chi connectivity index (χ0) is 20.9. The van der Waals surface area contributed by atoms with Crippen molar-refractivity contribution in [3.8, 4) is 0 Å². The summed E-state index contributed by atoms with van der Waals surface area (Å²) in [6, 6.07) is 7.80. The van der Waals surface area contributed by atoms with Crippen LogP contribution in [0.5, 0.6) is 0 Å². The number of carboxylic acid groups (broad SMARTS) is 1. The van der Waals surface area contributed by atoms with Gasteiger partial charge in [0.2, 0.25) is 23.6 Å². The van der Waals surface area contributed by atoms with Crippen molar-refractivity contribution in [3.63, 3.8) is 0 Å². The fourth-order valence-corrected chi connectivity index (χ4v) is 2.08. The summed E-state index contributed by atoms with van der Waals surface area (Å²) in [7, 11) is 0. The SMILES string of the molecule is NCC(=O)NCC(=O)NCC(=O)N[C@@H](Cc1ccccc1)C(=O)NCC(=O)O. The van der Waals surface area contributed by atoms with Crippen LogP contribution in [0.1, 0.15) is 5.56 Å². The van der Waals surface area contributed by atoms with Gasteiger partial charge in [0, 0.05) is 6.42 Å². The maximum Gasteiger partial charge on any atom is 0.322 e. The summed E-state index contributed by atoms with van der Waals surface area (Å²) in [6.45, 7) is -1.61. The maximum atomic E-state index is 12.2. The lowest BCUT2D eigenvalue weighted by molar-refractivity contribution is -0.138. The molecule has 0 spiro atoms. The molecule has 0 heterocycles. The van der Waals surface area contributed by atoms with E-state index in [1.165, 1.54) is 0 Å². The van der Waals surface area contributed by atoms with Crippen molar-refractivity contribution in [2.45, 2.75) is 12.5 Å². The third-order valence-corrected chi connectivity index (χ3v) is 3.43. The first-order chi connectivity index (χ1) is 13.3. The van der Waals surface area contributed by atoms with Gasteiger partial charge < -0.3 is 32.1 Å². The van der Waals surface area contributed by atoms with Crippen molar-refractivity contribution < 1.29 is 29.1 Å². The highest BCUT2D eigenvalue weighted by Crippen LogP contribution is 2.03. The zero-order valence-electron chi connectivity index (χ0n) is 15.1. The second-order valence-electron chi connectivity index (χ2n) is 5.68. The topological polar surface area (TPSA) is 180 Å². The van der Waals surface area contributed by atoms with E-state index in [-0.39, 0.29) is 19.5 Å². The number of hydrogen-bond donors (Lipinski definition) is 6. The van der Waals surface area contributed by atoms with Gasteiger partial charge in [0.15, 0.2) is 0 Å². The molecule has 0 radical (unpaired) electrons. The summed E-state index contributed by atoms with van der Waals surface area (Å²) >= 11 is 0. The molecule has 0 unspecified atom stereocenters. The Bertz CT molecular complexity index is 709. The lowest BCUT2D eigenvalue weighted by Gasteiger charge is -2.18. The van der Waals surface area contributed by atoms with Gasteiger partial charge in [-0.1, -0.05) is 30.3 Å². The van der Waals surface area contributed by atoms with Crippen molar-refractivity contribution in [3.05, 3.63) is 35.9 Å². The zero-order valence-corrected chi connectivity index (χ0v) is 15.1. The van der Waals surface area contributed by atoms with Crippen molar-refractivity contribution >= 4 is 29.6 Å². The van der Waals surface area contributed by atoms with E-state index in [4.69, 9.17) is 10.8 Å². The summed E-state index contributed by atoms with van der Waals surface area (Å²) < 4.78 is 0. The predicted molar refractivity (Wildman–Crippen MR) is 97.8 cm³/mol. The summed E-state index contributed by atoms with van der Waals surface area (Å²) in [5.74, 6) is -3.65. The normalized spacial score (nSPS) is 11.0. The largest absolute Gasteiger partial charge is 0.480 e. The summed E-state index contributed by atoms with van der Waals surface area (Å²) in [5.41, 5.74) is 5.84. The van der Waals surface area contributed by atoms with Crippen LogP contribution in [0.3, 0.4) is 0 Å². The smallest absolute Gasteiger partial charge is 0.322 e. The third kappa shape index (κ3) is 9.29. The molecule has 1 atom stereocenters. The molecule has 7 N–H and O–H groups in total. The van der Waals surface area contributed by atoms with E-state index < -0.39 is 48.7 Å². The minimum Gasteiger partial charge on any atom is -0.480 e. The van der Waals surface area contributed by atoms with Crippen molar-refractivity contribution in [1.29, 1.82) is 0 Å². The summed E-state index contributed by atoms with van der Waals surface area (Å²) in [4.78, 5) is 57.4. The molecule has 1 rings (SSSR count). The number of nitrogens with one attached hydrogen (secondary N) is 4. The molecule has 0 aromatic heterocycles. The fourth-order valence-electron chi connectivity index (χ4n) is 2.08. The Kier molecular flexibility index (Phi) is 9.68. The van der Waals surface area contributed by atoms with Crippen LogP contribution in [0.2, 0.25) is 0 Å². The molecule has 11 heteroatoms. The molecule has 0 fully saturated rings. The first-order valence-corrected chi connectivity index (χ1v) is 8.38. The van der Waals surface area contributed by atoms with E-state index in [2.05, 4.69) is 21.3 Å². The van der Waals surface area contributed by atoms with Crippen molar-refractivity contribution in [1.82, 2.24) is 21.3 Å². The standard InChI is InChI=1S/C17H23N5O6/c18-7-13(23)19-8-14(24)20-9-15(25)22-12(17(28)21-10-16(26)27)6-11-4-2-1-3-5-11/h1-5,12H,6-10,18H2,(H,19,23)(H,20,24)(H,21,28)(H,22,25)(H,26,27)/t12-/m0/s1. The van der Waals surface area contributed by atoms with Gasteiger partial charge in [0.1, 0.15) is 12.6 Å². The second-order valence-corrected chi connectivity index (χ2v) is 5.68. The van der Waals surface area contributed by atoms with Crippen LogP contribution in [0, 0.1) is 0 Å². The number of amides is 4. The van der Waals surface area contributed by atoms with Gasteiger partial charge in [0.25, 0.3) is 0 Å². The number of carbonyl (C=O) groups excluding carboxylic acids is 4. The van der Waals surface area contributed by atoms with Gasteiger partial charge in [0.05, 0.1) is 19.6 Å². The molecule has 0 aliphatic carbocycles. The van der Waals surface area contributed by atoms with E-state index >= 15 is 0 Å². The van der Waals surface area contributed by atoms with Gasteiger partial charge in [-0.25, -0.2) is 0 Å². The average Bonchev–Trinajstić information content (AvgIpc) is 2.68. The van der Waals surface area contributed by atoms with Crippen LogP contribution in [0.4, 0.5) is 0 Å². The molecule has 152 valence electrons. The van der Waals surface area contributed by atoms with Gasteiger partial charge in [-0.15, -0.1) is 0 Å². The van der Waals surface area contributed by atoms with Crippen LogP contribution in [-0.2, 0) is 30.4 Å². The number of carbonyl (C=O) groups is 5. The van der Waals surface area contributed by atoms with Crippen LogP contribution in [-0.4, -0.2) is 66.9 Å². The van der Waals surface area contributed by atoms with Gasteiger partial charge in [-0.2, -0.15) is 0 Å². The molecule has 0 aliphatic rings. The molecule has 4 amide bonds. The van der Waals surface area contributed by atoms with Crippen LogP contribution >= 0.6 is 0 Å². The van der Waals surface area contributed by atoms with E-state index in [0.29, 0.717) is 0 Å². The lowest BCUT2D eigenvalue weighted by Crippen LogP contribution is -2.51. The first-order valence-electron chi connectivity index (χ1n) is 8.38. The highest BCUT2D eigenvalue weighted by atomic mass is 16.4. The second kappa shape index (κ2) is 12.0. The molecule has 0 saturated carbocycles. The predicted octanol–water partition coefficient (Wildman–Crippen LogP) is -2.89. The van der Waals surface area contributed by atoms with Crippen LogP contribution < -0.4 is 27.0 Å². The Morgan fingerprint density at radius 2 is 1.46 bits per heavy atom. The lowest BCUT2D eigenvalue weighted by atomic mass is 10.1. The van der Waals surface area contributed by atoms with E-state index in [0.717, 1.165) is 5.56 Å². The highest BCUT2D eigenvalue weighted by Gasteiger charge is 2.22. The van der Waals surface area contributed by atoms with E-state index in [9.17, 15) is 24.0 Å². The number of aliphatic carboxylic acids is 1. The Hall–Kier alpha value is -3.47. The van der Waals surface area contributed by atoms with Crippen molar-refractivity contribution in [2.75, 3.05) is 26.2 Å². The molecule has 1 aromatic carbocycles. The van der Waals surface area contributed by atoms with Gasteiger partial charge >= 0.3 is 5.97 Å². The molecular formula is C17H23N5O6. The Labute approximate surface area is 161 Å². The number of rotatable bonds is 11. The first kappa shape index (κ1) is 22.6. The molecule has 0 saturated heterocycles. The summed E-state index contributed by atoms with van der Waals surface area (Å²) in [6.07, 6.45) is 0.137. The molecule has 0 aliphatic heterocycles. The summed E-state index contributed by atoms with van der Waals surface area (Å²) in [5, 5.41) is 17.9. The minimum absolute atomic E-state index is 0.137. The number of nitrogens with two attached hydrogens (primary N) is 1. The number of carboxylic acids is 1. The fraction of sp³-hybridized carbons (Fsp3) is 0.353. The minimum atomic E-state index is -1.22. The Balaban J connectivity index is 2.59. The Morgan fingerprint density at radius 3 is 2.07 bits per heavy atom. The molecule has 28 heavy (non-hydrogen) atoms. The van der Waals surface area contributed by atoms with E-state index in [1.807, 2.05) is 0 Å². The molecular weight excluding hydrogens is 370 g/mol. The highest BCUT2D eigenvalue weighted by molar-refractivity contribution is 5.92. The maximum absolute atomic E-state index is 12.2. The third-order valence-electron chi connectivity index (χ3n) is 3.43. The number of hydrogen-bond acceptors (Lipinski definition) is 6. The average molecular weight is 393 g/mol. The molecule has 11 nitrogen and oxygen atoms in total. The number of benzene rings is 1. The van der Waals surface area contributed by atoms with Crippen LogP contribution in [0.15, 0.2) is 30.3 Å². The van der Waals surface area contributed by atoms with Crippen LogP contribution in [0.25, 0.3) is 0 Å². The quantitative estimate of drug-likeness (QED) is 0.233. The molecule has 0 bridgehead atoms. The van der Waals surface area contributed by atoms with Crippen molar-refractivity contribution in [2.24, 2.45) is 5.73 Å². The van der Waals surface area contributed by atoms with E-state index in [1.54, 1.807) is 30.3 Å². The molecule has 1 aromatic rings. The van der Waals surface area contributed by atoms with Gasteiger partial charge in [-0.05, 0) is 5.56 Å². The van der Waals surface area contributed by atoms with Gasteiger partial charge in [-0.3, -0.25) is 24.0 Å². The Morgan fingerprint density at radius 1 is 0.857 bits per heavy atom. The monoisotopic (exact) mass is 393 g/mol.